The highest BCUT2D eigenvalue weighted by Crippen LogP contribution is 2.46. The fraction of sp³-hybridized carbons (Fsp3) is 0.750. The molecule has 0 spiro atoms. The molecule has 0 amide bonds. The van der Waals surface area contributed by atoms with Crippen LogP contribution in [0.4, 0.5) is 0 Å². The monoisotopic (exact) mass is 496 g/mol. The highest BCUT2D eigenvalue weighted by atomic mass is 28.4. The van der Waals surface area contributed by atoms with Crippen molar-refractivity contribution in [2.24, 2.45) is 0 Å². The number of hydrogen-bond acceptors (Lipinski definition) is 2. The van der Waals surface area contributed by atoms with Gasteiger partial charge in [-0.2, -0.15) is 0 Å². The lowest BCUT2D eigenvalue weighted by Gasteiger charge is -2.45. The summed E-state index contributed by atoms with van der Waals surface area (Å²) >= 11 is 0. The van der Waals surface area contributed by atoms with Crippen LogP contribution in [0.2, 0.25) is 0 Å². The SMILES string of the molecule is CCO[Si](OC(C)(C1=CCCCCC1)C1=CCCCCC1)(C1=CCCCCC1)C1=CCCCCC1. The Hall–Kier alpha value is -0.903. The van der Waals surface area contributed by atoms with Gasteiger partial charge in [0.25, 0.3) is 0 Å². The fourth-order valence-corrected chi connectivity index (χ4v) is 11.1. The first-order chi connectivity index (χ1) is 17.2. The van der Waals surface area contributed by atoms with Crippen molar-refractivity contribution < 1.29 is 8.85 Å². The zero-order chi connectivity index (χ0) is 24.4. The Bertz CT molecular complexity index is 746. The molecule has 0 aromatic carbocycles. The molecule has 0 bridgehead atoms. The van der Waals surface area contributed by atoms with E-state index in [0.29, 0.717) is 0 Å². The third-order valence-electron chi connectivity index (χ3n) is 8.93. The van der Waals surface area contributed by atoms with Crippen molar-refractivity contribution in [1.29, 1.82) is 0 Å². The van der Waals surface area contributed by atoms with E-state index in [4.69, 9.17) is 8.85 Å². The average Bonchev–Trinajstić information content (AvgIpc) is 3.48. The first-order valence-electron chi connectivity index (χ1n) is 15.3. The highest BCUT2D eigenvalue weighted by molar-refractivity contribution is 6.82. The Balaban J connectivity index is 1.84. The van der Waals surface area contributed by atoms with Gasteiger partial charge in [0.15, 0.2) is 0 Å². The van der Waals surface area contributed by atoms with E-state index in [1.165, 1.54) is 116 Å². The maximum atomic E-state index is 7.89. The molecule has 0 atom stereocenters. The molecule has 4 aliphatic rings. The van der Waals surface area contributed by atoms with Crippen molar-refractivity contribution in [2.75, 3.05) is 6.61 Å². The van der Waals surface area contributed by atoms with Gasteiger partial charge in [-0.1, -0.05) is 50.0 Å². The molecule has 0 aromatic rings. The summed E-state index contributed by atoms with van der Waals surface area (Å²) in [5.74, 6) is 0. The van der Waals surface area contributed by atoms with Gasteiger partial charge in [0.2, 0.25) is 0 Å². The van der Waals surface area contributed by atoms with Crippen molar-refractivity contribution in [2.45, 2.75) is 148 Å². The van der Waals surface area contributed by atoms with Gasteiger partial charge in [0.05, 0.1) is 5.60 Å². The molecule has 4 aliphatic carbocycles. The number of hydrogen-bond donors (Lipinski definition) is 0. The van der Waals surface area contributed by atoms with E-state index in [-0.39, 0.29) is 5.60 Å². The van der Waals surface area contributed by atoms with Crippen LogP contribution in [-0.2, 0) is 8.85 Å². The maximum Gasteiger partial charge on any atom is 0.399 e. The molecule has 2 nitrogen and oxygen atoms in total. The summed E-state index contributed by atoms with van der Waals surface area (Å²) in [6, 6.07) is 0. The molecule has 0 fully saturated rings. The zero-order valence-electron chi connectivity index (χ0n) is 23.0. The molecule has 0 aliphatic heterocycles. The van der Waals surface area contributed by atoms with Crippen LogP contribution in [0.3, 0.4) is 0 Å². The largest absolute Gasteiger partial charge is 0.399 e. The summed E-state index contributed by atoms with van der Waals surface area (Å²) in [6.45, 7) is 5.40. The molecular weight excluding hydrogens is 444 g/mol. The van der Waals surface area contributed by atoms with Crippen LogP contribution in [0.25, 0.3) is 0 Å². The molecule has 196 valence electrons. The topological polar surface area (TPSA) is 18.5 Å². The molecular formula is C32H52O2Si. The first-order valence-corrected chi connectivity index (χ1v) is 17.1. The van der Waals surface area contributed by atoms with Gasteiger partial charge in [-0.05, 0) is 138 Å². The van der Waals surface area contributed by atoms with E-state index >= 15 is 0 Å². The van der Waals surface area contributed by atoms with E-state index in [0.717, 1.165) is 19.4 Å². The molecule has 0 saturated heterocycles. The summed E-state index contributed by atoms with van der Waals surface area (Å²) < 4.78 is 15.0. The molecule has 35 heavy (non-hydrogen) atoms. The molecule has 3 heteroatoms. The quantitative estimate of drug-likeness (QED) is 0.246. The van der Waals surface area contributed by atoms with Crippen LogP contribution >= 0.6 is 0 Å². The molecule has 4 rings (SSSR count). The molecule has 0 aromatic heterocycles. The van der Waals surface area contributed by atoms with E-state index in [9.17, 15) is 0 Å². The zero-order valence-corrected chi connectivity index (χ0v) is 24.0. The number of rotatable bonds is 8. The summed E-state index contributed by atoms with van der Waals surface area (Å²) in [4.78, 5) is 0. The van der Waals surface area contributed by atoms with Crippen LogP contribution in [0, 0.1) is 0 Å². The summed E-state index contributed by atoms with van der Waals surface area (Å²) in [7, 11) is -2.75. The lowest BCUT2D eigenvalue weighted by atomic mass is 9.82. The Kier molecular flexibility index (Phi) is 10.5. The van der Waals surface area contributed by atoms with Gasteiger partial charge in [-0.3, -0.25) is 0 Å². The Morgan fingerprint density at radius 2 is 1.03 bits per heavy atom. The second-order valence-corrected chi connectivity index (χ2v) is 14.5. The van der Waals surface area contributed by atoms with Crippen molar-refractivity contribution in [3.63, 3.8) is 0 Å². The highest BCUT2D eigenvalue weighted by Gasteiger charge is 2.52. The minimum Gasteiger partial charge on any atom is -0.388 e. The third kappa shape index (κ3) is 6.70. The summed E-state index contributed by atoms with van der Waals surface area (Å²) in [5, 5.41) is 3.11. The van der Waals surface area contributed by atoms with Crippen LogP contribution in [0.15, 0.2) is 45.8 Å². The van der Waals surface area contributed by atoms with Crippen molar-refractivity contribution in [1.82, 2.24) is 0 Å². The smallest absolute Gasteiger partial charge is 0.388 e. The Labute approximate surface area is 217 Å². The minimum atomic E-state index is -2.75. The Morgan fingerprint density at radius 3 is 1.49 bits per heavy atom. The van der Waals surface area contributed by atoms with Gasteiger partial charge in [-0.25, -0.2) is 0 Å². The molecule has 0 radical (unpaired) electrons. The summed E-state index contributed by atoms with van der Waals surface area (Å²) in [6.07, 6.45) is 35.6. The van der Waals surface area contributed by atoms with Gasteiger partial charge in [0.1, 0.15) is 0 Å². The predicted octanol–water partition coefficient (Wildman–Crippen LogP) is 9.88. The first kappa shape index (κ1) is 27.1. The van der Waals surface area contributed by atoms with E-state index < -0.39 is 8.56 Å². The molecule has 0 heterocycles. The maximum absolute atomic E-state index is 7.89. The Morgan fingerprint density at radius 1 is 0.600 bits per heavy atom. The van der Waals surface area contributed by atoms with Gasteiger partial charge in [0, 0.05) is 6.61 Å². The van der Waals surface area contributed by atoms with Crippen molar-refractivity contribution >= 4 is 8.56 Å². The standard InChI is InChI=1S/C32H52O2Si/c1-3-33-35(30-24-16-8-9-17-25-30,31-26-18-10-11-19-27-31)34-32(2,28-20-12-4-5-13-21-28)29-22-14-6-7-15-23-29/h20,22,24,26H,3-19,21,23,25,27H2,1-2H3. The normalized spacial score (nSPS) is 23.6. The van der Waals surface area contributed by atoms with E-state index in [1.54, 1.807) is 21.5 Å². The second-order valence-electron chi connectivity index (χ2n) is 11.5. The lowest BCUT2D eigenvalue weighted by Crippen LogP contribution is -2.55. The molecule has 0 saturated carbocycles. The van der Waals surface area contributed by atoms with Gasteiger partial charge in [-0.15, -0.1) is 0 Å². The van der Waals surface area contributed by atoms with Crippen LogP contribution in [-0.4, -0.2) is 20.8 Å². The second kappa shape index (κ2) is 13.6. The molecule has 0 unspecified atom stereocenters. The fourth-order valence-electron chi connectivity index (χ4n) is 6.90. The third-order valence-corrected chi connectivity index (χ3v) is 12.9. The van der Waals surface area contributed by atoms with Crippen molar-refractivity contribution in [3.8, 4) is 0 Å². The van der Waals surface area contributed by atoms with Gasteiger partial charge >= 0.3 is 8.56 Å². The average molecular weight is 497 g/mol. The van der Waals surface area contributed by atoms with Crippen molar-refractivity contribution in [3.05, 3.63) is 45.8 Å². The summed E-state index contributed by atoms with van der Waals surface area (Å²) in [5.41, 5.74) is 2.79. The van der Waals surface area contributed by atoms with Crippen LogP contribution in [0.5, 0.6) is 0 Å². The lowest BCUT2D eigenvalue weighted by molar-refractivity contribution is 0.0936. The van der Waals surface area contributed by atoms with Crippen LogP contribution in [0.1, 0.15) is 142 Å². The van der Waals surface area contributed by atoms with Gasteiger partial charge < -0.3 is 8.85 Å². The van der Waals surface area contributed by atoms with Crippen LogP contribution < -0.4 is 0 Å². The number of allylic oxidation sites excluding steroid dienone is 6. The molecule has 0 N–H and O–H groups in total. The minimum absolute atomic E-state index is 0.323. The predicted molar refractivity (Wildman–Crippen MR) is 152 cm³/mol. The van der Waals surface area contributed by atoms with E-state index in [1.807, 2.05) is 0 Å². The van der Waals surface area contributed by atoms with E-state index in [2.05, 4.69) is 38.2 Å².